The molecule has 1 aliphatic rings. The first-order chi connectivity index (χ1) is 9.72. The Balaban J connectivity index is 1.74. The number of halogens is 2. The molecule has 0 unspecified atom stereocenters. The third kappa shape index (κ3) is 1.86. The van der Waals surface area contributed by atoms with Gasteiger partial charge in [-0.3, -0.25) is 4.98 Å². The average Bonchev–Trinajstić information content (AvgIpc) is 3.09. The number of aromatic nitrogens is 4. The molecule has 1 saturated carbocycles. The molecular weight excluding hydrogens is 279 g/mol. The van der Waals surface area contributed by atoms with E-state index in [0.29, 0.717) is 11.1 Å². The molecule has 2 atom stereocenters. The Labute approximate surface area is 119 Å². The van der Waals surface area contributed by atoms with Crippen LogP contribution in [0, 0.1) is 5.82 Å². The number of rotatable bonds is 2. The Hall–Kier alpha value is -2.01. The molecule has 4 nitrogen and oxygen atoms in total. The smallest absolute Gasteiger partial charge is 0.157 e. The van der Waals surface area contributed by atoms with E-state index >= 15 is 0 Å². The van der Waals surface area contributed by atoms with E-state index in [9.17, 15) is 4.39 Å². The van der Waals surface area contributed by atoms with Gasteiger partial charge in [-0.2, -0.15) is 5.10 Å². The molecule has 0 N–H and O–H groups in total. The van der Waals surface area contributed by atoms with Crippen molar-refractivity contribution < 1.29 is 4.39 Å². The number of pyridine rings is 1. The van der Waals surface area contributed by atoms with Crippen LogP contribution in [0.3, 0.4) is 0 Å². The van der Waals surface area contributed by atoms with E-state index in [1.807, 2.05) is 6.07 Å². The molecule has 1 aliphatic carbocycles. The van der Waals surface area contributed by atoms with Gasteiger partial charge in [-0.25, -0.2) is 13.9 Å². The molecule has 3 aromatic heterocycles. The van der Waals surface area contributed by atoms with Crippen molar-refractivity contribution in [2.45, 2.75) is 18.3 Å². The van der Waals surface area contributed by atoms with Crippen molar-refractivity contribution >= 4 is 17.2 Å². The van der Waals surface area contributed by atoms with Crippen LogP contribution >= 0.6 is 11.6 Å². The molecule has 6 heteroatoms. The van der Waals surface area contributed by atoms with Crippen molar-refractivity contribution in [3.8, 4) is 0 Å². The molecule has 0 amide bonds. The fourth-order valence-electron chi connectivity index (χ4n) is 2.72. The molecule has 0 bridgehead atoms. The van der Waals surface area contributed by atoms with Crippen LogP contribution < -0.4 is 0 Å². The molecule has 0 spiro atoms. The summed E-state index contributed by atoms with van der Waals surface area (Å²) in [4.78, 5) is 8.23. The van der Waals surface area contributed by atoms with E-state index in [0.717, 1.165) is 23.2 Å². The SMILES string of the molecule is Fc1cncc([C@H]2C[C@@H]2c2cc(Cl)nn3ccnc23)c1. The van der Waals surface area contributed by atoms with Crippen molar-refractivity contribution in [2.24, 2.45) is 0 Å². The second-order valence-corrected chi connectivity index (χ2v) is 5.39. The van der Waals surface area contributed by atoms with E-state index in [-0.39, 0.29) is 11.7 Å². The van der Waals surface area contributed by atoms with Gasteiger partial charge in [0, 0.05) is 24.2 Å². The molecule has 100 valence electrons. The molecule has 1 fully saturated rings. The molecule has 0 saturated heterocycles. The highest BCUT2D eigenvalue weighted by molar-refractivity contribution is 6.29. The lowest BCUT2D eigenvalue weighted by Gasteiger charge is -2.04. The van der Waals surface area contributed by atoms with Crippen LogP contribution in [0.4, 0.5) is 4.39 Å². The fraction of sp³-hybridized carbons (Fsp3) is 0.214. The zero-order valence-corrected chi connectivity index (χ0v) is 11.1. The van der Waals surface area contributed by atoms with E-state index < -0.39 is 0 Å². The first-order valence-corrected chi connectivity index (χ1v) is 6.70. The highest BCUT2D eigenvalue weighted by atomic mass is 35.5. The minimum atomic E-state index is -0.299. The lowest BCUT2D eigenvalue weighted by Crippen LogP contribution is -1.97. The maximum Gasteiger partial charge on any atom is 0.157 e. The Morgan fingerprint density at radius 3 is 3.00 bits per heavy atom. The van der Waals surface area contributed by atoms with Gasteiger partial charge in [0.15, 0.2) is 5.65 Å². The fourth-order valence-corrected chi connectivity index (χ4v) is 2.92. The van der Waals surface area contributed by atoms with Crippen LogP contribution in [-0.4, -0.2) is 19.6 Å². The van der Waals surface area contributed by atoms with Gasteiger partial charge < -0.3 is 0 Å². The molecule has 20 heavy (non-hydrogen) atoms. The standard InChI is InChI=1S/C14H10ClFN4/c15-13-5-12(14-18-1-2-20(14)19-13)11-4-10(11)8-3-9(16)7-17-6-8/h1-3,5-7,10-11H,4H2/t10-,11+/m1/s1. The minimum absolute atomic E-state index is 0.275. The summed E-state index contributed by atoms with van der Waals surface area (Å²) < 4.78 is 14.9. The van der Waals surface area contributed by atoms with Gasteiger partial charge in [-0.15, -0.1) is 0 Å². The summed E-state index contributed by atoms with van der Waals surface area (Å²) in [6.07, 6.45) is 7.36. The van der Waals surface area contributed by atoms with Gasteiger partial charge in [-0.1, -0.05) is 11.6 Å². The number of hydrogen-bond acceptors (Lipinski definition) is 3. The number of imidazole rings is 1. The quantitative estimate of drug-likeness (QED) is 0.727. The van der Waals surface area contributed by atoms with E-state index in [1.54, 1.807) is 29.2 Å². The minimum Gasteiger partial charge on any atom is -0.261 e. The van der Waals surface area contributed by atoms with Gasteiger partial charge in [0.05, 0.1) is 6.20 Å². The van der Waals surface area contributed by atoms with E-state index in [1.165, 1.54) is 6.20 Å². The van der Waals surface area contributed by atoms with Crippen LogP contribution in [0.2, 0.25) is 5.15 Å². The normalized spacial score (nSPS) is 21.3. The Morgan fingerprint density at radius 2 is 2.15 bits per heavy atom. The summed E-state index contributed by atoms with van der Waals surface area (Å²) in [5.74, 6) is 0.271. The summed E-state index contributed by atoms with van der Waals surface area (Å²) in [6, 6.07) is 3.39. The van der Waals surface area contributed by atoms with Crippen LogP contribution in [0.15, 0.2) is 36.9 Å². The predicted octanol–water partition coefficient (Wildman–Crippen LogP) is 3.19. The zero-order valence-electron chi connectivity index (χ0n) is 10.4. The van der Waals surface area contributed by atoms with Crippen molar-refractivity contribution in [3.63, 3.8) is 0 Å². The maximum atomic E-state index is 13.2. The average molecular weight is 289 g/mol. The molecule has 3 heterocycles. The van der Waals surface area contributed by atoms with Gasteiger partial charge in [0.25, 0.3) is 0 Å². The summed E-state index contributed by atoms with van der Waals surface area (Å²) in [6.45, 7) is 0. The molecule has 4 rings (SSSR count). The van der Waals surface area contributed by atoms with Gasteiger partial charge in [-0.05, 0) is 36.0 Å². The van der Waals surface area contributed by atoms with E-state index in [2.05, 4.69) is 15.1 Å². The lowest BCUT2D eigenvalue weighted by atomic mass is 10.1. The Morgan fingerprint density at radius 1 is 1.25 bits per heavy atom. The predicted molar refractivity (Wildman–Crippen MR) is 72.3 cm³/mol. The first kappa shape index (κ1) is 11.8. The molecule has 0 aromatic carbocycles. The van der Waals surface area contributed by atoms with Crippen LogP contribution in [0.5, 0.6) is 0 Å². The van der Waals surface area contributed by atoms with Gasteiger partial charge >= 0.3 is 0 Å². The van der Waals surface area contributed by atoms with Crippen molar-refractivity contribution in [1.29, 1.82) is 0 Å². The summed E-state index contributed by atoms with van der Waals surface area (Å²) in [5, 5.41) is 4.60. The van der Waals surface area contributed by atoms with Gasteiger partial charge in [0.2, 0.25) is 0 Å². The molecule has 3 aromatic rings. The number of nitrogens with zero attached hydrogens (tertiary/aromatic N) is 4. The van der Waals surface area contributed by atoms with Crippen molar-refractivity contribution in [3.05, 3.63) is 59.0 Å². The maximum absolute atomic E-state index is 13.2. The molecule has 0 radical (unpaired) electrons. The second-order valence-electron chi connectivity index (χ2n) is 5.00. The Kier molecular flexibility index (Phi) is 2.50. The first-order valence-electron chi connectivity index (χ1n) is 6.32. The van der Waals surface area contributed by atoms with Gasteiger partial charge in [0.1, 0.15) is 11.0 Å². The third-order valence-corrected chi connectivity index (χ3v) is 3.89. The zero-order chi connectivity index (χ0) is 13.7. The topological polar surface area (TPSA) is 43.1 Å². The second kappa shape index (κ2) is 4.24. The monoisotopic (exact) mass is 288 g/mol. The molecular formula is C14H10ClFN4. The molecule has 0 aliphatic heterocycles. The van der Waals surface area contributed by atoms with Crippen molar-refractivity contribution in [1.82, 2.24) is 19.6 Å². The van der Waals surface area contributed by atoms with Crippen LogP contribution in [-0.2, 0) is 0 Å². The van der Waals surface area contributed by atoms with Crippen LogP contribution in [0.25, 0.3) is 5.65 Å². The summed E-state index contributed by atoms with van der Waals surface area (Å²) in [5.41, 5.74) is 2.79. The van der Waals surface area contributed by atoms with Crippen molar-refractivity contribution in [2.75, 3.05) is 0 Å². The highest BCUT2D eigenvalue weighted by Crippen LogP contribution is 2.55. The number of hydrogen-bond donors (Lipinski definition) is 0. The van der Waals surface area contributed by atoms with E-state index in [4.69, 9.17) is 11.6 Å². The largest absolute Gasteiger partial charge is 0.261 e. The Bertz CT molecular complexity index is 801. The lowest BCUT2D eigenvalue weighted by molar-refractivity contribution is 0.618. The third-order valence-electron chi connectivity index (χ3n) is 3.70. The van der Waals surface area contributed by atoms with Crippen LogP contribution in [0.1, 0.15) is 29.4 Å². The highest BCUT2D eigenvalue weighted by Gasteiger charge is 2.41. The summed E-state index contributed by atoms with van der Waals surface area (Å²) >= 11 is 6.04. The summed E-state index contributed by atoms with van der Waals surface area (Å²) in [7, 11) is 0. The number of fused-ring (bicyclic) bond motifs is 1.